The lowest BCUT2D eigenvalue weighted by Gasteiger charge is -2.35. The van der Waals surface area contributed by atoms with Crippen molar-refractivity contribution in [3.63, 3.8) is 0 Å². The largest absolute Gasteiger partial charge is 0.447 e. The van der Waals surface area contributed by atoms with Crippen LogP contribution in [0.4, 0.5) is 5.69 Å². The molecule has 0 radical (unpaired) electrons. The highest BCUT2D eigenvalue weighted by atomic mass is 16.3. The van der Waals surface area contributed by atoms with Crippen LogP contribution < -0.4 is 10.2 Å². The standard InChI is InChI=1S/C20H26N4O2/c1-15-2-6-17(7-3-15)24-10-8-23(9-11-24)13-19-22-18(14-26-19)20(25)21-12-16-4-5-16/h2-3,6-7,14,16H,4-5,8-13H2,1H3,(H,21,25). The SMILES string of the molecule is Cc1ccc(N2CCN(Cc3nc(C(=O)NCC4CC4)co3)CC2)cc1. The minimum atomic E-state index is -0.129. The molecule has 1 saturated heterocycles. The maximum atomic E-state index is 12.1. The van der Waals surface area contributed by atoms with Gasteiger partial charge in [-0.1, -0.05) is 17.7 Å². The molecule has 0 bridgehead atoms. The average molecular weight is 354 g/mol. The minimum absolute atomic E-state index is 0.129. The molecule has 138 valence electrons. The maximum Gasteiger partial charge on any atom is 0.273 e. The van der Waals surface area contributed by atoms with Gasteiger partial charge in [0.25, 0.3) is 5.91 Å². The molecule has 1 aromatic heterocycles. The summed E-state index contributed by atoms with van der Waals surface area (Å²) in [6.07, 6.45) is 3.91. The van der Waals surface area contributed by atoms with Gasteiger partial charge >= 0.3 is 0 Å². The Morgan fingerprint density at radius 3 is 2.62 bits per heavy atom. The minimum Gasteiger partial charge on any atom is -0.447 e. The van der Waals surface area contributed by atoms with Gasteiger partial charge in [0.2, 0.25) is 5.89 Å². The molecule has 2 aromatic rings. The Balaban J connectivity index is 1.26. The number of nitrogens with zero attached hydrogens (tertiary/aromatic N) is 3. The highest BCUT2D eigenvalue weighted by Crippen LogP contribution is 2.27. The monoisotopic (exact) mass is 354 g/mol. The molecule has 1 N–H and O–H groups in total. The molecule has 2 heterocycles. The quantitative estimate of drug-likeness (QED) is 0.863. The third-order valence-electron chi connectivity index (χ3n) is 5.16. The first-order chi connectivity index (χ1) is 12.7. The fourth-order valence-electron chi connectivity index (χ4n) is 3.25. The van der Waals surface area contributed by atoms with Crippen molar-refractivity contribution in [3.8, 4) is 0 Å². The van der Waals surface area contributed by atoms with E-state index in [9.17, 15) is 4.79 Å². The van der Waals surface area contributed by atoms with E-state index in [0.29, 0.717) is 24.0 Å². The van der Waals surface area contributed by atoms with E-state index >= 15 is 0 Å². The van der Waals surface area contributed by atoms with E-state index in [1.54, 1.807) is 0 Å². The summed E-state index contributed by atoms with van der Waals surface area (Å²) in [6, 6.07) is 8.69. The van der Waals surface area contributed by atoms with Crippen LogP contribution in [0.5, 0.6) is 0 Å². The Kier molecular flexibility index (Phi) is 4.93. The fourth-order valence-corrected chi connectivity index (χ4v) is 3.25. The molecule has 2 fully saturated rings. The smallest absolute Gasteiger partial charge is 0.273 e. The van der Waals surface area contributed by atoms with Gasteiger partial charge < -0.3 is 14.6 Å². The summed E-state index contributed by atoms with van der Waals surface area (Å²) in [7, 11) is 0. The van der Waals surface area contributed by atoms with E-state index in [1.165, 1.54) is 30.4 Å². The predicted octanol–water partition coefficient (Wildman–Crippen LogP) is 2.45. The zero-order valence-electron chi connectivity index (χ0n) is 15.3. The van der Waals surface area contributed by atoms with E-state index < -0.39 is 0 Å². The van der Waals surface area contributed by atoms with Gasteiger partial charge in [0.15, 0.2) is 5.69 Å². The predicted molar refractivity (Wildman–Crippen MR) is 100 cm³/mol. The van der Waals surface area contributed by atoms with Crippen molar-refractivity contribution in [3.05, 3.63) is 47.7 Å². The first kappa shape index (κ1) is 17.1. The molecule has 1 aliphatic carbocycles. The number of carbonyl (C=O) groups excluding carboxylic acids is 1. The number of nitrogens with one attached hydrogen (secondary N) is 1. The van der Waals surface area contributed by atoms with Crippen LogP contribution >= 0.6 is 0 Å². The molecular weight excluding hydrogens is 328 g/mol. The Hall–Kier alpha value is -2.34. The summed E-state index contributed by atoms with van der Waals surface area (Å²) >= 11 is 0. The average Bonchev–Trinajstić information content (AvgIpc) is 3.38. The number of aromatic nitrogens is 1. The molecular formula is C20H26N4O2. The lowest BCUT2D eigenvalue weighted by molar-refractivity contribution is 0.0946. The summed E-state index contributed by atoms with van der Waals surface area (Å²) in [5.74, 6) is 1.15. The highest BCUT2D eigenvalue weighted by Gasteiger charge is 2.23. The van der Waals surface area contributed by atoms with Gasteiger partial charge in [-0.2, -0.15) is 0 Å². The first-order valence-electron chi connectivity index (χ1n) is 9.44. The van der Waals surface area contributed by atoms with Crippen LogP contribution in [0, 0.1) is 12.8 Å². The number of anilines is 1. The van der Waals surface area contributed by atoms with E-state index in [4.69, 9.17) is 4.42 Å². The fraction of sp³-hybridized carbons (Fsp3) is 0.500. The number of piperazine rings is 1. The lowest BCUT2D eigenvalue weighted by atomic mass is 10.2. The lowest BCUT2D eigenvalue weighted by Crippen LogP contribution is -2.46. The number of hydrogen-bond acceptors (Lipinski definition) is 5. The third-order valence-corrected chi connectivity index (χ3v) is 5.16. The van der Waals surface area contributed by atoms with Crippen LogP contribution in [0.1, 0.15) is 34.8 Å². The van der Waals surface area contributed by atoms with Gasteiger partial charge in [0, 0.05) is 38.4 Å². The van der Waals surface area contributed by atoms with E-state index in [2.05, 4.69) is 51.3 Å². The van der Waals surface area contributed by atoms with Crippen molar-refractivity contribution < 1.29 is 9.21 Å². The molecule has 1 amide bonds. The van der Waals surface area contributed by atoms with Gasteiger partial charge in [0.05, 0.1) is 6.54 Å². The van der Waals surface area contributed by atoms with Gasteiger partial charge in [-0.25, -0.2) is 4.98 Å². The Morgan fingerprint density at radius 1 is 1.19 bits per heavy atom. The van der Waals surface area contributed by atoms with Crippen LogP contribution in [0.25, 0.3) is 0 Å². The third kappa shape index (κ3) is 4.25. The summed E-state index contributed by atoms with van der Waals surface area (Å²) < 4.78 is 5.51. The number of oxazole rings is 1. The molecule has 26 heavy (non-hydrogen) atoms. The molecule has 0 atom stereocenters. The molecule has 6 nitrogen and oxygen atoms in total. The van der Waals surface area contributed by atoms with Crippen molar-refractivity contribution in [2.45, 2.75) is 26.3 Å². The van der Waals surface area contributed by atoms with Crippen molar-refractivity contribution in [1.29, 1.82) is 0 Å². The summed E-state index contributed by atoms with van der Waals surface area (Å²) in [6.45, 7) is 7.40. The molecule has 6 heteroatoms. The molecule has 1 aromatic carbocycles. The normalized spacial score (nSPS) is 18.1. The van der Waals surface area contributed by atoms with Crippen LogP contribution in [-0.4, -0.2) is 48.5 Å². The second-order valence-electron chi connectivity index (χ2n) is 7.38. The Bertz CT molecular complexity index is 743. The number of rotatable bonds is 6. The van der Waals surface area contributed by atoms with Crippen molar-refractivity contribution in [1.82, 2.24) is 15.2 Å². The summed E-state index contributed by atoms with van der Waals surface area (Å²) in [5.41, 5.74) is 2.95. The van der Waals surface area contributed by atoms with Crippen LogP contribution in [0.2, 0.25) is 0 Å². The summed E-state index contributed by atoms with van der Waals surface area (Å²) in [4.78, 5) is 21.1. The van der Waals surface area contributed by atoms with Gasteiger partial charge in [-0.05, 0) is 37.8 Å². The van der Waals surface area contributed by atoms with Crippen LogP contribution in [0.3, 0.4) is 0 Å². The molecule has 0 unspecified atom stereocenters. The molecule has 1 aliphatic heterocycles. The van der Waals surface area contributed by atoms with E-state index in [0.717, 1.165) is 32.7 Å². The van der Waals surface area contributed by atoms with Gasteiger partial charge in [-0.15, -0.1) is 0 Å². The highest BCUT2D eigenvalue weighted by molar-refractivity contribution is 5.91. The molecule has 1 saturated carbocycles. The van der Waals surface area contributed by atoms with Gasteiger partial charge in [-0.3, -0.25) is 9.69 Å². The zero-order valence-corrected chi connectivity index (χ0v) is 15.3. The second-order valence-corrected chi connectivity index (χ2v) is 7.38. The number of carbonyl (C=O) groups is 1. The second kappa shape index (κ2) is 7.50. The Labute approximate surface area is 154 Å². The molecule has 0 spiro atoms. The zero-order chi connectivity index (χ0) is 17.9. The number of benzene rings is 1. The van der Waals surface area contributed by atoms with Gasteiger partial charge in [0.1, 0.15) is 6.26 Å². The number of hydrogen-bond donors (Lipinski definition) is 1. The van der Waals surface area contributed by atoms with Crippen molar-refractivity contribution >= 4 is 11.6 Å². The maximum absolute atomic E-state index is 12.1. The molecule has 2 aliphatic rings. The van der Waals surface area contributed by atoms with Crippen LogP contribution in [-0.2, 0) is 6.54 Å². The number of aryl methyl sites for hydroxylation is 1. The van der Waals surface area contributed by atoms with E-state index in [-0.39, 0.29) is 5.91 Å². The Morgan fingerprint density at radius 2 is 1.92 bits per heavy atom. The topological polar surface area (TPSA) is 61.6 Å². The van der Waals surface area contributed by atoms with E-state index in [1.807, 2.05) is 0 Å². The summed E-state index contributed by atoms with van der Waals surface area (Å²) in [5, 5.41) is 2.92. The van der Waals surface area contributed by atoms with Crippen molar-refractivity contribution in [2.75, 3.05) is 37.6 Å². The van der Waals surface area contributed by atoms with Crippen LogP contribution in [0.15, 0.2) is 34.9 Å². The van der Waals surface area contributed by atoms with Crippen molar-refractivity contribution in [2.24, 2.45) is 5.92 Å². The first-order valence-corrected chi connectivity index (χ1v) is 9.44. The molecule has 4 rings (SSSR count). The number of amides is 1.